The Labute approximate surface area is 192 Å². The Balaban J connectivity index is 1.77. The van der Waals surface area contributed by atoms with Gasteiger partial charge >= 0.3 is 0 Å². The highest BCUT2D eigenvalue weighted by Crippen LogP contribution is 2.17. The number of rotatable bonds is 10. The first-order valence-corrected chi connectivity index (χ1v) is 10.7. The molecule has 0 aliphatic heterocycles. The van der Waals surface area contributed by atoms with Crippen molar-refractivity contribution in [2.24, 2.45) is 0 Å². The predicted molar refractivity (Wildman–Crippen MR) is 124 cm³/mol. The number of non-ortho nitro benzene ring substituents is 1. The third kappa shape index (κ3) is 6.52. The highest BCUT2D eigenvalue weighted by Gasteiger charge is 2.26. The average molecular weight is 450 g/mol. The van der Waals surface area contributed by atoms with Gasteiger partial charge in [0.15, 0.2) is 0 Å². The van der Waals surface area contributed by atoms with Crippen LogP contribution in [-0.2, 0) is 17.8 Å². The molecule has 2 aromatic carbocycles. The molecular weight excluding hydrogens is 422 g/mol. The highest BCUT2D eigenvalue weighted by atomic mass is 16.6. The normalized spacial score (nSPS) is 10.8. The molecule has 1 heterocycles. The van der Waals surface area contributed by atoms with Gasteiger partial charge in [-0.15, -0.1) is 0 Å². The van der Waals surface area contributed by atoms with Crippen LogP contribution in [-0.4, -0.2) is 45.7 Å². The Morgan fingerprint density at radius 1 is 1.03 bits per heavy atom. The molecule has 8 nitrogen and oxygen atoms in total. The number of benzene rings is 2. The maximum Gasteiger partial charge on any atom is 0.270 e. The summed E-state index contributed by atoms with van der Waals surface area (Å²) in [6, 6.07) is 18.7. The van der Waals surface area contributed by atoms with E-state index in [0.717, 1.165) is 5.56 Å². The summed E-state index contributed by atoms with van der Waals surface area (Å²) in [5, 5.41) is 11.1. The molecule has 0 saturated heterocycles. The maximum absolute atomic E-state index is 13.3. The summed E-state index contributed by atoms with van der Waals surface area (Å²) in [6.45, 7) is 4.22. The number of nitrogens with zero attached hydrogens (tertiary/aromatic N) is 3. The molecule has 0 aliphatic rings. The van der Waals surface area contributed by atoms with E-state index in [0.29, 0.717) is 18.7 Å². The van der Waals surface area contributed by atoms with E-state index in [1.54, 1.807) is 23.3 Å². The van der Waals surface area contributed by atoms with Crippen LogP contribution in [0, 0.1) is 10.1 Å². The average Bonchev–Trinajstić information content (AvgIpc) is 3.33. The van der Waals surface area contributed by atoms with Gasteiger partial charge in [0, 0.05) is 30.3 Å². The minimum atomic E-state index is -0.545. The third-order valence-corrected chi connectivity index (χ3v) is 5.29. The lowest BCUT2D eigenvalue weighted by molar-refractivity contribution is -0.384. The van der Waals surface area contributed by atoms with Crippen LogP contribution in [0.1, 0.15) is 35.5 Å². The Morgan fingerprint density at radius 2 is 1.79 bits per heavy atom. The van der Waals surface area contributed by atoms with E-state index in [1.807, 2.05) is 44.2 Å². The molecule has 0 bridgehead atoms. The highest BCUT2D eigenvalue weighted by molar-refractivity contribution is 5.97. The summed E-state index contributed by atoms with van der Waals surface area (Å²) < 4.78 is 5.43. The Hall–Kier alpha value is -3.94. The molecule has 3 rings (SSSR count). The Bertz CT molecular complexity index is 1080. The number of amides is 2. The summed E-state index contributed by atoms with van der Waals surface area (Å²) in [7, 11) is 0. The van der Waals surface area contributed by atoms with E-state index < -0.39 is 10.8 Å². The first-order valence-electron chi connectivity index (χ1n) is 10.7. The number of hydrogen-bond donors (Lipinski definition) is 0. The second-order valence-corrected chi connectivity index (χ2v) is 7.96. The van der Waals surface area contributed by atoms with E-state index in [1.165, 1.54) is 29.2 Å². The summed E-state index contributed by atoms with van der Waals surface area (Å²) in [5.74, 6) is -0.00427. The van der Waals surface area contributed by atoms with Crippen molar-refractivity contribution in [3.8, 4) is 0 Å². The van der Waals surface area contributed by atoms with Crippen molar-refractivity contribution < 1.29 is 18.9 Å². The molecule has 8 heteroatoms. The Morgan fingerprint density at radius 3 is 2.42 bits per heavy atom. The molecule has 0 unspecified atom stereocenters. The van der Waals surface area contributed by atoms with Gasteiger partial charge in [-0.1, -0.05) is 36.4 Å². The van der Waals surface area contributed by atoms with Crippen molar-refractivity contribution in [3.63, 3.8) is 0 Å². The van der Waals surface area contributed by atoms with Crippen LogP contribution in [0.4, 0.5) is 5.69 Å². The van der Waals surface area contributed by atoms with E-state index in [4.69, 9.17) is 4.42 Å². The quantitative estimate of drug-likeness (QED) is 0.339. The van der Waals surface area contributed by atoms with Crippen LogP contribution in [0.25, 0.3) is 0 Å². The van der Waals surface area contributed by atoms with Crippen molar-refractivity contribution in [1.82, 2.24) is 9.80 Å². The van der Waals surface area contributed by atoms with E-state index in [-0.39, 0.29) is 36.3 Å². The van der Waals surface area contributed by atoms with Crippen molar-refractivity contribution >= 4 is 17.5 Å². The lowest BCUT2D eigenvalue weighted by Crippen LogP contribution is -2.46. The zero-order valence-electron chi connectivity index (χ0n) is 18.7. The summed E-state index contributed by atoms with van der Waals surface area (Å²) >= 11 is 0. The number of nitro groups is 1. The first kappa shape index (κ1) is 23.7. The summed E-state index contributed by atoms with van der Waals surface area (Å²) in [4.78, 5) is 40.1. The van der Waals surface area contributed by atoms with Crippen LogP contribution < -0.4 is 0 Å². The molecule has 3 aromatic rings. The summed E-state index contributed by atoms with van der Waals surface area (Å²) in [6.07, 6.45) is 2.22. The van der Waals surface area contributed by atoms with Gasteiger partial charge in [-0.3, -0.25) is 19.7 Å². The second kappa shape index (κ2) is 11.1. The lowest BCUT2D eigenvalue weighted by Gasteiger charge is -2.30. The number of carbonyl (C=O) groups is 2. The largest absolute Gasteiger partial charge is 0.467 e. The van der Waals surface area contributed by atoms with Gasteiger partial charge in [0.2, 0.25) is 5.91 Å². The molecule has 0 fully saturated rings. The molecule has 0 N–H and O–H groups in total. The van der Waals surface area contributed by atoms with Gasteiger partial charge in [0.25, 0.3) is 11.6 Å². The van der Waals surface area contributed by atoms with Crippen LogP contribution in [0.5, 0.6) is 0 Å². The van der Waals surface area contributed by atoms with Gasteiger partial charge in [-0.2, -0.15) is 0 Å². The molecular formula is C25H27N3O5. The number of furan rings is 1. The third-order valence-electron chi connectivity index (χ3n) is 5.29. The predicted octanol–water partition coefficient (Wildman–Crippen LogP) is 4.31. The standard InChI is InChI=1S/C25H27N3O5/c1-19(2)27(25(30)21-10-6-11-22(16-21)28(31)32)18-24(29)26(17-23-12-7-15-33-23)14-13-20-8-4-3-5-9-20/h3-12,15-16,19H,13-14,17-18H2,1-2H3. The van der Waals surface area contributed by atoms with Crippen molar-refractivity contribution in [2.75, 3.05) is 13.1 Å². The van der Waals surface area contributed by atoms with Gasteiger partial charge in [0.05, 0.1) is 17.7 Å². The minimum Gasteiger partial charge on any atom is -0.467 e. The number of carbonyl (C=O) groups excluding carboxylic acids is 2. The smallest absolute Gasteiger partial charge is 0.270 e. The molecule has 0 saturated carbocycles. The topological polar surface area (TPSA) is 96.9 Å². The molecule has 0 spiro atoms. The van der Waals surface area contributed by atoms with E-state index in [2.05, 4.69) is 0 Å². The van der Waals surface area contributed by atoms with Gasteiger partial charge < -0.3 is 14.2 Å². The number of nitro benzene ring substituents is 1. The lowest BCUT2D eigenvalue weighted by atomic mass is 10.1. The zero-order chi connectivity index (χ0) is 23.8. The van der Waals surface area contributed by atoms with Crippen LogP contribution in [0.3, 0.4) is 0 Å². The molecule has 2 amide bonds. The van der Waals surface area contributed by atoms with Gasteiger partial charge in [-0.25, -0.2) is 0 Å². The fourth-order valence-electron chi connectivity index (χ4n) is 3.44. The molecule has 0 radical (unpaired) electrons. The molecule has 172 valence electrons. The second-order valence-electron chi connectivity index (χ2n) is 7.96. The molecule has 1 aromatic heterocycles. The van der Waals surface area contributed by atoms with Crippen molar-refractivity contribution in [3.05, 3.63) is 100.0 Å². The van der Waals surface area contributed by atoms with Gasteiger partial charge in [0.1, 0.15) is 12.3 Å². The first-order chi connectivity index (χ1) is 15.8. The Kier molecular flexibility index (Phi) is 7.96. The van der Waals surface area contributed by atoms with Crippen LogP contribution >= 0.6 is 0 Å². The fraction of sp³-hybridized carbons (Fsp3) is 0.280. The van der Waals surface area contributed by atoms with E-state index in [9.17, 15) is 19.7 Å². The maximum atomic E-state index is 13.3. The number of hydrogen-bond acceptors (Lipinski definition) is 5. The van der Waals surface area contributed by atoms with Crippen molar-refractivity contribution in [2.45, 2.75) is 32.9 Å². The van der Waals surface area contributed by atoms with Crippen molar-refractivity contribution in [1.29, 1.82) is 0 Å². The monoisotopic (exact) mass is 449 g/mol. The SMILES string of the molecule is CC(C)N(CC(=O)N(CCc1ccccc1)Cc1ccco1)C(=O)c1cccc([N+](=O)[O-])c1. The fourth-order valence-corrected chi connectivity index (χ4v) is 3.44. The molecule has 0 atom stereocenters. The van der Waals surface area contributed by atoms with Crippen LogP contribution in [0.15, 0.2) is 77.4 Å². The summed E-state index contributed by atoms with van der Waals surface area (Å²) in [5.41, 5.74) is 1.11. The minimum absolute atomic E-state index is 0.144. The van der Waals surface area contributed by atoms with Crippen LogP contribution in [0.2, 0.25) is 0 Å². The molecule has 33 heavy (non-hydrogen) atoms. The van der Waals surface area contributed by atoms with E-state index >= 15 is 0 Å². The zero-order valence-corrected chi connectivity index (χ0v) is 18.7. The molecule has 0 aliphatic carbocycles. The van der Waals surface area contributed by atoms with Gasteiger partial charge in [-0.05, 0) is 44.0 Å².